The molecule has 2 rings (SSSR count). The Morgan fingerprint density at radius 2 is 2.35 bits per heavy atom. The second kappa shape index (κ2) is 5.95. The highest BCUT2D eigenvalue weighted by atomic mass is 19.1. The van der Waals surface area contributed by atoms with E-state index in [0.717, 1.165) is 0 Å². The number of rotatable bonds is 2. The molecule has 0 unspecified atom stereocenters. The van der Waals surface area contributed by atoms with Gasteiger partial charge in [0.15, 0.2) is 0 Å². The molecule has 1 heterocycles. The fourth-order valence-electron chi connectivity index (χ4n) is 1.54. The number of nitrogens with one attached hydrogen (secondary N) is 1. The molecule has 0 saturated heterocycles. The zero-order valence-electron chi connectivity index (χ0n) is 10.7. The Balaban J connectivity index is 2.32. The Bertz CT molecular complexity index is 698. The van der Waals surface area contributed by atoms with Gasteiger partial charge >= 0.3 is 0 Å². The quantitative estimate of drug-likeness (QED) is 0.781. The minimum atomic E-state index is -0.471. The first-order valence-electron chi connectivity index (χ1n) is 5.75. The molecule has 0 aliphatic rings. The third-order valence-corrected chi connectivity index (χ3v) is 2.49. The SMILES string of the molecule is Cn1ncnc1NC(=O)c1ccc(F)cc1C#CCN. The Morgan fingerprint density at radius 1 is 1.55 bits per heavy atom. The lowest BCUT2D eigenvalue weighted by Gasteiger charge is -2.06. The van der Waals surface area contributed by atoms with Crippen LogP contribution in [0.3, 0.4) is 0 Å². The van der Waals surface area contributed by atoms with Crippen LogP contribution in [0.2, 0.25) is 0 Å². The zero-order chi connectivity index (χ0) is 14.5. The summed E-state index contributed by atoms with van der Waals surface area (Å²) in [4.78, 5) is 16.0. The molecule has 0 saturated carbocycles. The molecule has 0 bridgehead atoms. The second-order valence-corrected chi connectivity index (χ2v) is 3.86. The van der Waals surface area contributed by atoms with Crippen molar-refractivity contribution in [3.05, 3.63) is 41.5 Å². The van der Waals surface area contributed by atoms with Gasteiger partial charge in [0.1, 0.15) is 12.1 Å². The highest BCUT2D eigenvalue weighted by Crippen LogP contribution is 2.12. The molecule has 1 aromatic heterocycles. The maximum Gasteiger partial charge on any atom is 0.259 e. The Kier molecular flexibility index (Phi) is 4.08. The van der Waals surface area contributed by atoms with Crippen LogP contribution in [0.1, 0.15) is 15.9 Å². The molecular formula is C13H12FN5O. The minimum absolute atomic E-state index is 0.126. The van der Waals surface area contributed by atoms with Crippen molar-refractivity contribution < 1.29 is 9.18 Å². The molecule has 0 fully saturated rings. The third-order valence-electron chi connectivity index (χ3n) is 2.49. The summed E-state index contributed by atoms with van der Waals surface area (Å²) in [5.41, 5.74) is 5.80. The van der Waals surface area contributed by atoms with Gasteiger partial charge in [0.25, 0.3) is 5.91 Å². The molecule has 0 aliphatic carbocycles. The molecule has 6 nitrogen and oxygen atoms in total. The molecule has 7 heteroatoms. The molecular weight excluding hydrogens is 261 g/mol. The van der Waals surface area contributed by atoms with E-state index in [1.54, 1.807) is 7.05 Å². The maximum atomic E-state index is 13.2. The number of amides is 1. The van der Waals surface area contributed by atoms with Crippen LogP contribution in [0.25, 0.3) is 0 Å². The van der Waals surface area contributed by atoms with Gasteiger partial charge in [0, 0.05) is 12.6 Å². The number of hydrogen-bond donors (Lipinski definition) is 2. The maximum absolute atomic E-state index is 13.2. The smallest absolute Gasteiger partial charge is 0.259 e. The van der Waals surface area contributed by atoms with Crippen molar-refractivity contribution in [1.29, 1.82) is 0 Å². The Morgan fingerprint density at radius 3 is 3.00 bits per heavy atom. The number of carbonyl (C=O) groups is 1. The lowest BCUT2D eigenvalue weighted by Crippen LogP contribution is -2.16. The number of nitrogens with two attached hydrogens (primary N) is 1. The Labute approximate surface area is 114 Å². The fourth-order valence-corrected chi connectivity index (χ4v) is 1.54. The summed E-state index contributed by atoms with van der Waals surface area (Å²) in [5.74, 6) is 4.64. The Hall–Kier alpha value is -2.72. The standard InChI is InChI=1S/C13H12FN5O/c1-19-13(16-8-17-19)18-12(20)11-5-4-10(14)7-9(11)3-2-6-15/h4-5,7-8H,6,15H2,1H3,(H,16,17,18,20). The van der Waals surface area contributed by atoms with Gasteiger partial charge in [0.2, 0.25) is 5.95 Å². The van der Waals surface area contributed by atoms with Crippen LogP contribution in [-0.4, -0.2) is 27.2 Å². The number of aryl methyl sites for hydroxylation is 1. The number of carbonyl (C=O) groups excluding carboxylic acids is 1. The van der Waals surface area contributed by atoms with Gasteiger partial charge in [-0.25, -0.2) is 9.07 Å². The van der Waals surface area contributed by atoms with E-state index in [2.05, 4.69) is 27.2 Å². The molecule has 1 aromatic carbocycles. The van der Waals surface area contributed by atoms with Crippen LogP contribution in [0.15, 0.2) is 24.5 Å². The van der Waals surface area contributed by atoms with E-state index in [1.807, 2.05) is 0 Å². The summed E-state index contributed by atoms with van der Waals surface area (Å²) in [6, 6.07) is 3.75. The summed E-state index contributed by atoms with van der Waals surface area (Å²) in [7, 11) is 1.64. The first-order chi connectivity index (χ1) is 9.61. The van der Waals surface area contributed by atoms with E-state index in [1.165, 1.54) is 29.2 Å². The monoisotopic (exact) mass is 273 g/mol. The molecule has 0 aliphatic heterocycles. The highest BCUT2D eigenvalue weighted by Gasteiger charge is 2.13. The van der Waals surface area contributed by atoms with E-state index >= 15 is 0 Å². The number of hydrogen-bond acceptors (Lipinski definition) is 4. The van der Waals surface area contributed by atoms with Gasteiger partial charge in [-0.15, -0.1) is 0 Å². The largest absolute Gasteiger partial charge is 0.320 e. The van der Waals surface area contributed by atoms with E-state index in [0.29, 0.717) is 0 Å². The topological polar surface area (TPSA) is 85.8 Å². The third kappa shape index (κ3) is 2.99. The molecule has 0 spiro atoms. The van der Waals surface area contributed by atoms with Crippen molar-refractivity contribution in [2.45, 2.75) is 0 Å². The number of anilines is 1. The van der Waals surface area contributed by atoms with Gasteiger partial charge in [-0.3, -0.25) is 10.1 Å². The van der Waals surface area contributed by atoms with Crippen molar-refractivity contribution >= 4 is 11.9 Å². The van der Waals surface area contributed by atoms with Gasteiger partial charge in [-0.1, -0.05) is 11.8 Å². The van der Waals surface area contributed by atoms with Crippen molar-refractivity contribution in [1.82, 2.24) is 14.8 Å². The summed E-state index contributed by atoms with van der Waals surface area (Å²) >= 11 is 0. The molecule has 102 valence electrons. The fraction of sp³-hybridized carbons (Fsp3) is 0.154. The predicted molar refractivity (Wildman–Crippen MR) is 71.3 cm³/mol. The van der Waals surface area contributed by atoms with Crippen LogP contribution in [0, 0.1) is 17.7 Å². The second-order valence-electron chi connectivity index (χ2n) is 3.86. The average molecular weight is 273 g/mol. The average Bonchev–Trinajstić information content (AvgIpc) is 2.82. The van der Waals surface area contributed by atoms with E-state index in [9.17, 15) is 9.18 Å². The normalized spacial score (nSPS) is 9.75. The van der Waals surface area contributed by atoms with Crippen molar-refractivity contribution in [3.63, 3.8) is 0 Å². The lowest BCUT2D eigenvalue weighted by atomic mass is 10.1. The zero-order valence-corrected chi connectivity index (χ0v) is 10.7. The van der Waals surface area contributed by atoms with Crippen molar-refractivity contribution in [3.8, 4) is 11.8 Å². The van der Waals surface area contributed by atoms with Crippen molar-refractivity contribution in [2.75, 3.05) is 11.9 Å². The van der Waals surface area contributed by atoms with E-state index in [-0.39, 0.29) is 23.6 Å². The molecule has 20 heavy (non-hydrogen) atoms. The van der Waals surface area contributed by atoms with Crippen molar-refractivity contribution in [2.24, 2.45) is 12.8 Å². The first-order valence-corrected chi connectivity index (χ1v) is 5.75. The highest BCUT2D eigenvalue weighted by molar-refractivity contribution is 6.05. The van der Waals surface area contributed by atoms with E-state index in [4.69, 9.17) is 5.73 Å². The summed E-state index contributed by atoms with van der Waals surface area (Å²) < 4.78 is 14.6. The van der Waals surface area contributed by atoms with Gasteiger partial charge in [-0.05, 0) is 18.2 Å². The lowest BCUT2D eigenvalue weighted by molar-refractivity contribution is 0.102. The number of aromatic nitrogens is 3. The summed E-state index contributed by atoms with van der Waals surface area (Å²) in [5, 5.41) is 6.41. The summed E-state index contributed by atoms with van der Waals surface area (Å²) in [6.45, 7) is 0.126. The van der Waals surface area contributed by atoms with Crippen LogP contribution >= 0.6 is 0 Å². The van der Waals surface area contributed by atoms with Gasteiger partial charge in [-0.2, -0.15) is 10.1 Å². The van der Waals surface area contributed by atoms with E-state index < -0.39 is 11.7 Å². The number of benzene rings is 1. The van der Waals surface area contributed by atoms with Gasteiger partial charge in [0.05, 0.1) is 12.1 Å². The molecule has 2 aromatic rings. The first kappa shape index (κ1) is 13.7. The predicted octanol–water partition coefficient (Wildman–Crippen LogP) is 0.517. The molecule has 0 radical (unpaired) electrons. The molecule has 0 atom stereocenters. The van der Waals surface area contributed by atoms with Crippen LogP contribution < -0.4 is 11.1 Å². The van der Waals surface area contributed by atoms with Crippen LogP contribution in [-0.2, 0) is 7.05 Å². The van der Waals surface area contributed by atoms with Gasteiger partial charge < -0.3 is 5.73 Å². The molecule has 1 amide bonds. The number of nitrogens with zero attached hydrogens (tertiary/aromatic N) is 3. The summed E-state index contributed by atoms with van der Waals surface area (Å²) in [6.07, 6.45) is 1.31. The van der Waals surface area contributed by atoms with Crippen LogP contribution in [0.4, 0.5) is 10.3 Å². The number of halogens is 1. The van der Waals surface area contributed by atoms with Crippen LogP contribution in [0.5, 0.6) is 0 Å². The molecule has 3 N–H and O–H groups in total. The minimum Gasteiger partial charge on any atom is -0.320 e.